The Morgan fingerprint density at radius 2 is 2.04 bits per heavy atom. The van der Waals surface area contributed by atoms with Crippen LogP contribution in [0, 0.1) is 0 Å². The molecule has 0 bridgehead atoms. The SMILES string of the molecule is Nc1c(NCCC2=CCCCC2)ncnc1Nc1cccc(Cl)c1. The van der Waals surface area contributed by atoms with Crippen molar-refractivity contribution in [1.82, 2.24) is 9.97 Å². The number of nitrogens with zero attached hydrogens (tertiary/aromatic N) is 2. The highest BCUT2D eigenvalue weighted by molar-refractivity contribution is 6.30. The summed E-state index contributed by atoms with van der Waals surface area (Å²) in [6.45, 7) is 0.823. The van der Waals surface area contributed by atoms with Gasteiger partial charge in [0, 0.05) is 17.3 Å². The third-order valence-corrected chi connectivity index (χ3v) is 4.33. The van der Waals surface area contributed by atoms with Crippen LogP contribution in [0.25, 0.3) is 0 Å². The number of benzene rings is 1. The van der Waals surface area contributed by atoms with Crippen molar-refractivity contribution in [3.63, 3.8) is 0 Å². The van der Waals surface area contributed by atoms with Crippen LogP contribution in [0.4, 0.5) is 23.0 Å². The van der Waals surface area contributed by atoms with Crippen LogP contribution < -0.4 is 16.4 Å². The van der Waals surface area contributed by atoms with E-state index >= 15 is 0 Å². The first-order valence-corrected chi connectivity index (χ1v) is 8.65. The molecule has 5 nitrogen and oxygen atoms in total. The largest absolute Gasteiger partial charge is 0.393 e. The van der Waals surface area contributed by atoms with E-state index in [9.17, 15) is 0 Å². The fourth-order valence-corrected chi connectivity index (χ4v) is 3.00. The minimum Gasteiger partial charge on any atom is -0.393 e. The maximum atomic E-state index is 6.19. The maximum Gasteiger partial charge on any atom is 0.159 e. The Balaban J connectivity index is 1.63. The molecule has 4 N–H and O–H groups in total. The van der Waals surface area contributed by atoms with E-state index in [4.69, 9.17) is 17.3 Å². The van der Waals surface area contributed by atoms with E-state index in [-0.39, 0.29) is 0 Å². The lowest BCUT2D eigenvalue weighted by atomic mass is 9.97. The van der Waals surface area contributed by atoms with Crippen LogP contribution in [0.5, 0.6) is 0 Å². The third-order valence-electron chi connectivity index (χ3n) is 4.09. The van der Waals surface area contributed by atoms with Gasteiger partial charge in [-0.15, -0.1) is 0 Å². The highest BCUT2D eigenvalue weighted by atomic mass is 35.5. The van der Waals surface area contributed by atoms with Crippen LogP contribution >= 0.6 is 11.6 Å². The zero-order valence-corrected chi connectivity index (χ0v) is 14.3. The van der Waals surface area contributed by atoms with Crippen molar-refractivity contribution in [1.29, 1.82) is 0 Å². The zero-order valence-electron chi connectivity index (χ0n) is 13.6. The number of rotatable bonds is 6. The van der Waals surface area contributed by atoms with Crippen molar-refractivity contribution in [3.8, 4) is 0 Å². The van der Waals surface area contributed by atoms with E-state index in [1.165, 1.54) is 37.6 Å². The van der Waals surface area contributed by atoms with Gasteiger partial charge in [0.1, 0.15) is 12.0 Å². The van der Waals surface area contributed by atoms with Gasteiger partial charge >= 0.3 is 0 Å². The van der Waals surface area contributed by atoms with Crippen molar-refractivity contribution >= 4 is 34.6 Å². The van der Waals surface area contributed by atoms with Crippen LogP contribution in [0.15, 0.2) is 42.2 Å². The summed E-state index contributed by atoms with van der Waals surface area (Å²) in [6, 6.07) is 7.43. The Morgan fingerprint density at radius 1 is 1.17 bits per heavy atom. The first-order valence-electron chi connectivity index (χ1n) is 8.27. The van der Waals surface area contributed by atoms with Crippen molar-refractivity contribution in [2.75, 3.05) is 22.9 Å². The first kappa shape index (κ1) is 16.6. The number of hydrogen-bond donors (Lipinski definition) is 3. The van der Waals surface area contributed by atoms with Gasteiger partial charge in [0.25, 0.3) is 0 Å². The van der Waals surface area contributed by atoms with Crippen LogP contribution in [-0.4, -0.2) is 16.5 Å². The van der Waals surface area contributed by atoms with Gasteiger partial charge in [0.05, 0.1) is 0 Å². The molecular formula is C18H22ClN5. The Bertz CT molecular complexity index is 729. The summed E-state index contributed by atoms with van der Waals surface area (Å²) in [7, 11) is 0. The summed E-state index contributed by atoms with van der Waals surface area (Å²) in [5.41, 5.74) is 9.07. The molecular weight excluding hydrogens is 322 g/mol. The highest BCUT2D eigenvalue weighted by Crippen LogP contribution is 2.27. The molecule has 6 heteroatoms. The lowest BCUT2D eigenvalue weighted by Gasteiger charge is -2.15. The first-order chi connectivity index (χ1) is 11.7. The Morgan fingerprint density at radius 3 is 2.83 bits per heavy atom. The topological polar surface area (TPSA) is 75.9 Å². The van der Waals surface area contributed by atoms with Gasteiger partial charge < -0.3 is 16.4 Å². The fraction of sp³-hybridized carbons (Fsp3) is 0.333. The molecule has 1 aliphatic rings. The number of nitrogen functional groups attached to an aromatic ring is 1. The summed E-state index contributed by atoms with van der Waals surface area (Å²) >= 11 is 6.00. The average Bonchev–Trinajstić information content (AvgIpc) is 2.59. The number of nitrogens with one attached hydrogen (secondary N) is 2. The maximum absolute atomic E-state index is 6.19. The molecule has 0 aliphatic heterocycles. The minimum absolute atomic E-state index is 0.509. The monoisotopic (exact) mass is 343 g/mol. The molecule has 0 unspecified atom stereocenters. The predicted octanol–water partition coefficient (Wildman–Crippen LogP) is 4.76. The van der Waals surface area contributed by atoms with E-state index in [1.807, 2.05) is 24.3 Å². The normalized spacial score (nSPS) is 14.1. The smallest absolute Gasteiger partial charge is 0.159 e. The minimum atomic E-state index is 0.509. The van der Waals surface area contributed by atoms with Gasteiger partial charge in [0.15, 0.2) is 11.6 Å². The van der Waals surface area contributed by atoms with Gasteiger partial charge in [-0.3, -0.25) is 0 Å². The van der Waals surface area contributed by atoms with Crippen molar-refractivity contribution in [2.24, 2.45) is 0 Å². The molecule has 0 fully saturated rings. The molecule has 0 saturated carbocycles. The van der Waals surface area contributed by atoms with Crippen LogP contribution in [0.3, 0.4) is 0 Å². The van der Waals surface area contributed by atoms with Gasteiger partial charge in [0.2, 0.25) is 0 Å². The van der Waals surface area contributed by atoms with Gasteiger partial charge in [-0.05, 0) is 50.3 Å². The van der Waals surface area contributed by atoms with Crippen LogP contribution in [-0.2, 0) is 0 Å². The number of hydrogen-bond acceptors (Lipinski definition) is 5. The summed E-state index contributed by atoms with van der Waals surface area (Å²) in [6.07, 6.45) is 9.93. The second kappa shape index (κ2) is 8.02. The molecule has 0 spiro atoms. The molecule has 126 valence electrons. The van der Waals surface area contributed by atoms with Crippen LogP contribution in [0.2, 0.25) is 5.02 Å². The standard InChI is InChI=1S/C18H22ClN5/c19-14-7-4-8-15(11-14)24-18-16(20)17(22-12-23-18)21-10-9-13-5-2-1-3-6-13/h4-5,7-8,11-12H,1-3,6,9-10,20H2,(H2,21,22,23,24). The Kier molecular flexibility index (Phi) is 5.54. The molecule has 0 saturated heterocycles. The van der Waals surface area contributed by atoms with Crippen molar-refractivity contribution in [2.45, 2.75) is 32.1 Å². The average molecular weight is 344 g/mol. The summed E-state index contributed by atoms with van der Waals surface area (Å²) in [5.74, 6) is 1.23. The second-order valence-electron chi connectivity index (χ2n) is 5.90. The summed E-state index contributed by atoms with van der Waals surface area (Å²) in [5, 5.41) is 7.16. The molecule has 3 rings (SSSR count). The second-order valence-corrected chi connectivity index (χ2v) is 6.34. The number of nitrogens with two attached hydrogens (primary N) is 1. The number of halogens is 1. The van der Waals surface area contributed by atoms with E-state index < -0.39 is 0 Å². The predicted molar refractivity (Wildman–Crippen MR) is 101 cm³/mol. The number of allylic oxidation sites excluding steroid dienone is 1. The molecule has 0 radical (unpaired) electrons. The lowest BCUT2D eigenvalue weighted by molar-refractivity contribution is 0.679. The Hall–Kier alpha value is -2.27. The van der Waals surface area contributed by atoms with Crippen molar-refractivity contribution in [3.05, 3.63) is 47.3 Å². The molecule has 0 atom stereocenters. The fourth-order valence-electron chi connectivity index (χ4n) is 2.81. The van der Waals surface area contributed by atoms with Crippen LogP contribution in [0.1, 0.15) is 32.1 Å². The molecule has 1 heterocycles. The molecule has 1 aromatic carbocycles. The van der Waals surface area contributed by atoms with E-state index in [1.54, 1.807) is 0 Å². The van der Waals surface area contributed by atoms with Crippen molar-refractivity contribution < 1.29 is 0 Å². The Labute approximate surface area is 147 Å². The molecule has 24 heavy (non-hydrogen) atoms. The van der Waals surface area contributed by atoms with Gasteiger partial charge in [-0.1, -0.05) is 29.3 Å². The molecule has 0 amide bonds. The summed E-state index contributed by atoms with van der Waals surface area (Å²) in [4.78, 5) is 8.47. The van der Waals surface area contributed by atoms with Gasteiger partial charge in [-0.25, -0.2) is 9.97 Å². The molecule has 1 aromatic heterocycles. The quantitative estimate of drug-likeness (QED) is 0.659. The van der Waals surface area contributed by atoms with E-state index in [0.717, 1.165) is 18.7 Å². The zero-order chi connectivity index (χ0) is 16.8. The van der Waals surface area contributed by atoms with E-state index in [0.29, 0.717) is 22.3 Å². The van der Waals surface area contributed by atoms with E-state index in [2.05, 4.69) is 26.7 Å². The lowest BCUT2D eigenvalue weighted by Crippen LogP contribution is -2.10. The van der Waals surface area contributed by atoms with Gasteiger partial charge in [-0.2, -0.15) is 0 Å². The number of aromatic nitrogens is 2. The molecule has 1 aliphatic carbocycles. The molecule has 2 aromatic rings. The summed E-state index contributed by atoms with van der Waals surface area (Å²) < 4.78 is 0. The highest BCUT2D eigenvalue weighted by Gasteiger charge is 2.09. The third kappa shape index (κ3) is 4.38. The number of anilines is 4.